The van der Waals surface area contributed by atoms with E-state index in [4.69, 9.17) is 16.7 Å². The van der Waals surface area contributed by atoms with Gasteiger partial charge in [0, 0.05) is 17.3 Å². The topological polar surface area (TPSA) is 49.3 Å². The molecule has 2 aromatic carbocycles. The minimum Gasteiger partial charge on any atom is -0.392 e. The van der Waals surface area contributed by atoms with Crippen molar-refractivity contribution in [3.63, 3.8) is 0 Å². The SMILES string of the molecule is O=C(CSCc1ccc(CO)cc1)NCCc1ccc(Cl)cc1. The molecule has 0 aromatic heterocycles. The summed E-state index contributed by atoms with van der Waals surface area (Å²) in [5.74, 6) is 1.29. The predicted octanol–water partition coefficient (Wildman–Crippen LogP) is 3.42. The van der Waals surface area contributed by atoms with E-state index >= 15 is 0 Å². The Kier molecular flexibility index (Phi) is 7.46. The van der Waals surface area contributed by atoms with Crippen LogP contribution in [-0.4, -0.2) is 23.3 Å². The highest BCUT2D eigenvalue weighted by atomic mass is 35.5. The predicted molar refractivity (Wildman–Crippen MR) is 96.7 cm³/mol. The highest BCUT2D eigenvalue weighted by Crippen LogP contribution is 2.13. The second-order valence-electron chi connectivity index (χ2n) is 5.19. The van der Waals surface area contributed by atoms with Gasteiger partial charge < -0.3 is 10.4 Å². The molecule has 2 aromatic rings. The largest absolute Gasteiger partial charge is 0.392 e. The van der Waals surface area contributed by atoms with Crippen molar-refractivity contribution in [3.05, 3.63) is 70.2 Å². The molecule has 0 saturated carbocycles. The lowest BCUT2D eigenvalue weighted by molar-refractivity contribution is -0.118. The number of benzene rings is 2. The average molecular weight is 350 g/mol. The molecule has 2 N–H and O–H groups in total. The Hall–Kier alpha value is -1.49. The Morgan fingerprint density at radius 3 is 2.26 bits per heavy atom. The van der Waals surface area contributed by atoms with Crippen molar-refractivity contribution in [2.45, 2.75) is 18.8 Å². The van der Waals surface area contributed by atoms with E-state index in [1.807, 2.05) is 48.5 Å². The first kappa shape index (κ1) is 17.9. The number of rotatable bonds is 8. The maximum Gasteiger partial charge on any atom is 0.230 e. The van der Waals surface area contributed by atoms with Crippen LogP contribution in [0.25, 0.3) is 0 Å². The van der Waals surface area contributed by atoms with Crippen molar-refractivity contribution < 1.29 is 9.90 Å². The molecule has 0 fully saturated rings. The van der Waals surface area contributed by atoms with Gasteiger partial charge in [0.15, 0.2) is 0 Å². The fourth-order valence-electron chi connectivity index (χ4n) is 2.05. The first-order chi connectivity index (χ1) is 11.2. The zero-order valence-corrected chi connectivity index (χ0v) is 14.4. The van der Waals surface area contributed by atoms with Gasteiger partial charge in [0.2, 0.25) is 5.91 Å². The molecule has 0 radical (unpaired) electrons. The number of carbonyl (C=O) groups is 1. The first-order valence-electron chi connectivity index (χ1n) is 7.45. The first-order valence-corrected chi connectivity index (χ1v) is 8.98. The summed E-state index contributed by atoms with van der Waals surface area (Å²) in [7, 11) is 0. The van der Waals surface area contributed by atoms with Gasteiger partial charge >= 0.3 is 0 Å². The molecule has 2 rings (SSSR count). The van der Waals surface area contributed by atoms with Crippen LogP contribution in [0.2, 0.25) is 5.02 Å². The van der Waals surface area contributed by atoms with Gasteiger partial charge in [-0.1, -0.05) is 48.0 Å². The average Bonchev–Trinajstić information content (AvgIpc) is 2.57. The van der Waals surface area contributed by atoms with Gasteiger partial charge in [0.25, 0.3) is 0 Å². The Bertz CT molecular complexity index is 614. The molecule has 1 amide bonds. The molecule has 5 heteroatoms. The lowest BCUT2D eigenvalue weighted by Crippen LogP contribution is -2.27. The van der Waals surface area contributed by atoms with E-state index in [9.17, 15) is 4.79 Å². The van der Waals surface area contributed by atoms with Gasteiger partial charge in [-0.05, 0) is 35.2 Å². The van der Waals surface area contributed by atoms with Gasteiger partial charge in [-0.3, -0.25) is 4.79 Å². The second-order valence-corrected chi connectivity index (χ2v) is 6.62. The van der Waals surface area contributed by atoms with Crippen LogP contribution in [0.5, 0.6) is 0 Å². The Morgan fingerprint density at radius 1 is 1.00 bits per heavy atom. The number of amides is 1. The normalized spacial score (nSPS) is 10.5. The molecule has 0 aliphatic heterocycles. The standard InChI is InChI=1S/C18H20ClNO2S/c19-17-7-5-14(6-8-17)9-10-20-18(22)13-23-12-16-3-1-15(11-21)2-4-16/h1-8,21H,9-13H2,(H,20,22). The maximum absolute atomic E-state index is 11.8. The zero-order chi connectivity index (χ0) is 16.5. The molecule has 0 saturated heterocycles. The van der Waals surface area contributed by atoms with Crippen LogP contribution in [0.15, 0.2) is 48.5 Å². The number of halogens is 1. The molecule has 0 atom stereocenters. The van der Waals surface area contributed by atoms with Crippen molar-refractivity contribution >= 4 is 29.3 Å². The van der Waals surface area contributed by atoms with E-state index in [2.05, 4.69) is 5.32 Å². The van der Waals surface area contributed by atoms with Gasteiger partial charge in [-0.15, -0.1) is 11.8 Å². The molecule has 122 valence electrons. The van der Waals surface area contributed by atoms with E-state index in [0.717, 1.165) is 33.9 Å². The zero-order valence-electron chi connectivity index (χ0n) is 12.8. The molecular formula is C18H20ClNO2S. The molecule has 0 heterocycles. The third-order valence-corrected chi connectivity index (χ3v) is 4.61. The van der Waals surface area contributed by atoms with E-state index in [1.54, 1.807) is 11.8 Å². The Balaban J connectivity index is 1.62. The summed E-state index contributed by atoms with van der Waals surface area (Å²) in [6.07, 6.45) is 0.802. The smallest absolute Gasteiger partial charge is 0.230 e. The minimum absolute atomic E-state index is 0.0518. The summed E-state index contributed by atoms with van der Waals surface area (Å²) < 4.78 is 0. The van der Waals surface area contributed by atoms with Crippen molar-refractivity contribution in [3.8, 4) is 0 Å². The molecule has 0 aliphatic rings. The number of aliphatic hydroxyl groups is 1. The van der Waals surface area contributed by atoms with Crippen LogP contribution < -0.4 is 5.32 Å². The van der Waals surface area contributed by atoms with E-state index in [-0.39, 0.29) is 12.5 Å². The van der Waals surface area contributed by atoms with E-state index < -0.39 is 0 Å². The van der Waals surface area contributed by atoms with E-state index in [1.165, 1.54) is 0 Å². The van der Waals surface area contributed by atoms with Crippen LogP contribution in [0.3, 0.4) is 0 Å². The Labute approximate surface area is 146 Å². The fourth-order valence-corrected chi connectivity index (χ4v) is 2.99. The Morgan fingerprint density at radius 2 is 1.61 bits per heavy atom. The summed E-state index contributed by atoms with van der Waals surface area (Å²) in [6.45, 7) is 0.690. The molecule has 3 nitrogen and oxygen atoms in total. The molecule has 0 aliphatic carbocycles. The van der Waals surface area contributed by atoms with E-state index in [0.29, 0.717) is 12.3 Å². The van der Waals surface area contributed by atoms with Gasteiger partial charge in [-0.25, -0.2) is 0 Å². The number of hydrogen-bond acceptors (Lipinski definition) is 3. The van der Waals surface area contributed by atoms with Crippen LogP contribution in [-0.2, 0) is 23.6 Å². The minimum atomic E-state index is 0.0518. The molecule has 0 unspecified atom stereocenters. The summed E-state index contributed by atoms with van der Waals surface area (Å²) in [5.41, 5.74) is 3.21. The highest BCUT2D eigenvalue weighted by Gasteiger charge is 2.02. The summed E-state index contributed by atoms with van der Waals surface area (Å²) in [6, 6.07) is 15.4. The lowest BCUT2D eigenvalue weighted by Gasteiger charge is -2.06. The maximum atomic E-state index is 11.8. The number of thioether (sulfide) groups is 1. The number of hydrogen-bond donors (Lipinski definition) is 2. The van der Waals surface area contributed by atoms with Crippen molar-refractivity contribution in [2.24, 2.45) is 0 Å². The van der Waals surface area contributed by atoms with Crippen LogP contribution in [0.4, 0.5) is 0 Å². The lowest BCUT2D eigenvalue weighted by atomic mass is 10.1. The number of carbonyl (C=O) groups excluding carboxylic acids is 1. The fraction of sp³-hybridized carbons (Fsp3) is 0.278. The van der Waals surface area contributed by atoms with Crippen molar-refractivity contribution in [1.82, 2.24) is 5.32 Å². The molecule has 23 heavy (non-hydrogen) atoms. The number of nitrogens with one attached hydrogen (secondary N) is 1. The van der Waals surface area contributed by atoms with Crippen molar-refractivity contribution in [2.75, 3.05) is 12.3 Å². The third kappa shape index (κ3) is 6.65. The quantitative estimate of drug-likeness (QED) is 0.767. The highest BCUT2D eigenvalue weighted by molar-refractivity contribution is 7.99. The summed E-state index contributed by atoms with van der Waals surface area (Å²) >= 11 is 7.42. The van der Waals surface area contributed by atoms with Gasteiger partial charge in [-0.2, -0.15) is 0 Å². The second kappa shape index (κ2) is 9.60. The van der Waals surface area contributed by atoms with Crippen LogP contribution >= 0.6 is 23.4 Å². The molecular weight excluding hydrogens is 330 g/mol. The van der Waals surface area contributed by atoms with Crippen LogP contribution in [0, 0.1) is 0 Å². The number of aliphatic hydroxyl groups excluding tert-OH is 1. The van der Waals surface area contributed by atoms with Crippen LogP contribution in [0.1, 0.15) is 16.7 Å². The monoisotopic (exact) mass is 349 g/mol. The van der Waals surface area contributed by atoms with Crippen molar-refractivity contribution in [1.29, 1.82) is 0 Å². The summed E-state index contributed by atoms with van der Waals surface area (Å²) in [5, 5.41) is 12.6. The molecule has 0 spiro atoms. The summed E-state index contributed by atoms with van der Waals surface area (Å²) in [4.78, 5) is 11.8. The van der Waals surface area contributed by atoms with Gasteiger partial charge in [0.1, 0.15) is 0 Å². The third-order valence-electron chi connectivity index (χ3n) is 3.36. The van der Waals surface area contributed by atoms with Gasteiger partial charge in [0.05, 0.1) is 12.4 Å². The molecule has 0 bridgehead atoms.